The third-order valence-corrected chi connectivity index (χ3v) is 3.11. The van der Waals surface area contributed by atoms with E-state index >= 15 is 0 Å². The van der Waals surface area contributed by atoms with Crippen molar-refractivity contribution in [2.45, 2.75) is 26.1 Å². The number of hydrogen-bond donors (Lipinski definition) is 1. The van der Waals surface area contributed by atoms with Gasteiger partial charge in [0, 0.05) is 19.2 Å². The van der Waals surface area contributed by atoms with Gasteiger partial charge in [-0.15, -0.1) is 0 Å². The molecule has 0 amide bonds. The van der Waals surface area contributed by atoms with Crippen LogP contribution in [-0.2, 0) is 4.74 Å². The lowest BCUT2D eigenvalue weighted by atomic mass is 10.2. The number of anilines is 2. The van der Waals surface area contributed by atoms with Crippen molar-refractivity contribution in [3.8, 4) is 0 Å². The molecule has 1 aliphatic heterocycles. The zero-order valence-electron chi connectivity index (χ0n) is 8.43. The van der Waals surface area contributed by atoms with E-state index in [9.17, 15) is 0 Å². The lowest BCUT2D eigenvalue weighted by Crippen LogP contribution is -2.45. The van der Waals surface area contributed by atoms with Gasteiger partial charge in [0.1, 0.15) is 10.8 Å². The van der Waals surface area contributed by atoms with E-state index in [1.165, 1.54) is 11.5 Å². The Morgan fingerprint density at radius 2 is 2.14 bits per heavy atom. The Morgan fingerprint density at radius 3 is 2.64 bits per heavy atom. The Hall–Kier alpha value is -0.810. The van der Waals surface area contributed by atoms with Crippen LogP contribution in [0.1, 0.15) is 13.8 Å². The predicted molar refractivity (Wildman–Crippen MR) is 58.7 cm³/mol. The van der Waals surface area contributed by atoms with Gasteiger partial charge in [-0.1, -0.05) is 0 Å². The molecule has 0 unspecified atom stereocenters. The molecule has 1 fully saturated rings. The van der Waals surface area contributed by atoms with E-state index in [2.05, 4.69) is 23.1 Å². The monoisotopic (exact) mass is 213 g/mol. The highest BCUT2D eigenvalue weighted by atomic mass is 32.1. The van der Waals surface area contributed by atoms with Crippen molar-refractivity contribution in [2.75, 3.05) is 23.7 Å². The molecule has 14 heavy (non-hydrogen) atoms. The summed E-state index contributed by atoms with van der Waals surface area (Å²) < 4.78 is 9.73. The third kappa shape index (κ3) is 1.99. The lowest BCUT2D eigenvalue weighted by molar-refractivity contribution is -0.00500. The van der Waals surface area contributed by atoms with Crippen molar-refractivity contribution < 1.29 is 4.74 Å². The molecule has 2 rings (SSSR count). The summed E-state index contributed by atoms with van der Waals surface area (Å²) in [7, 11) is 0. The van der Waals surface area contributed by atoms with Gasteiger partial charge in [0.2, 0.25) is 0 Å². The summed E-state index contributed by atoms with van der Waals surface area (Å²) in [6.45, 7) is 6.03. The number of ether oxygens (including phenoxy) is 1. The van der Waals surface area contributed by atoms with E-state index in [0.717, 1.165) is 18.1 Å². The molecule has 0 bridgehead atoms. The number of nitrogens with zero attached hydrogens (tertiary/aromatic N) is 2. The first-order valence-corrected chi connectivity index (χ1v) is 5.55. The Bertz CT molecular complexity index is 305. The van der Waals surface area contributed by atoms with Crippen molar-refractivity contribution in [3.05, 3.63) is 6.07 Å². The maximum atomic E-state index is 5.66. The van der Waals surface area contributed by atoms with Crippen LogP contribution in [-0.4, -0.2) is 29.7 Å². The van der Waals surface area contributed by atoms with Crippen molar-refractivity contribution in [3.63, 3.8) is 0 Å². The first-order valence-electron chi connectivity index (χ1n) is 4.77. The van der Waals surface area contributed by atoms with Gasteiger partial charge in [-0.3, -0.25) is 0 Å². The molecule has 2 atom stereocenters. The van der Waals surface area contributed by atoms with E-state index in [4.69, 9.17) is 10.5 Å². The van der Waals surface area contributed by atoms with Crippen LogP contribution in [0.25, 0.3) is 0 Å². The Labute approximate surface area is 87.8 Å². The topological polar surface area (TPSA) is 51.4 Å². The van der Waals surface area contributed by atoms with Crippen LogP contribution in [0.4, 0.5) is 10.8 Å². The largest absolute Gasteiger partial charge is 0.383 e. The smallest absolute Gasteiger partial charge is 0.139 e. The quantitative estimate of drug-likeness (QED) is 0.765. The van der Waals surface area contributed by atoms with E-state index in [0.29, 0.717) is 5.82 Å². The summed E-state index contributed by atoms with van der Waals surface area (Å²) in [4.78, 5) is 2.28. The highest BCUT2D eigenvalue weighted by Crippen LogP contribution is 2.26. The normalized spacial score (nSPS) is 28.0. The molecule has 0 spiro atoms. The number of nitrogen functional groups attached to an aromatic ring is 1. The molecule has 2 heterocycles. The minimum atomic E-state index is 0.280. The van der Waals surface area contributed by atoms with Crippen molar-refractivity contribution >= 4 is 22.4 Å². The van der Waals surface area contributed by atoms with Gasteiger partial charge in [0.25, 0.3) is 0 Å². The molecule has 78 valence electrons. The van der Waals surface area contributed by atoms with Crippen molar-refractivity contribution in [2.24, 2.45) is 0 Å². The molecular formula is C9H15N3OS. The lowest BCUT2D eigenvalue weighted by Gasteiger charge is -2.35. The van der Waals surface area contributed by atoms with E-state index < -0.39 is 0 Å². The standard InChI is InChI=1S/C9H15N3OS/c1-6-4-12(5-7(2)13-6)9-3-8(10)11-14-9/h3,6-7H,4-5H2,1-2H3,(H2,10,11)/t6-,7+. The van der Waals surface area contributed by atoms with E-state index in [-0.39, 0.29) is 12.2 Å². The molecule has 1 aromatic rings. The zero-order valence-corrected chi connectivity index (χ0v) is 9.25. The van der Waals surface area contributed by atoms with Crippen LogP contribution in [0.5, 0.6) is 0 Å². The second kappa shape index (κ2) is 3.74. The number of morpholine rings is 1. The molecule has 4 nitrogen and oxygen atoms in total. The fourth-order valence-electron chi connectivity index (χ4n) is 1.79. The maximum Gasteiger partial charge on any atom is 0.139 e. The van der Waals surface area contributed by atoms with Gasteiger partial charge < -0.3 is 15.4 Å². The Morgan fingerprint density at radius 1 is 1.50 bits per heavy atom. The van der Waals surface area contributed by atoms with Gasteiger partial charge in [-0.25, -0.2) is 0 Å². The number of hydrogen-bond acceptors (Lipinski definition) is 5. The van der Waals surface area contributed by atoms with Crippen molar-refractivity contribution in [1.29, 1.82) is 0 Å². The number of nitrogens with two attached hydrogens (primary N) is 1. The van der Waals surface area contributed by atoms with Crippen LogP contribution in [0, 0.1) is 0 Å². The molecule has 0 saturated carbocycles. The summed E-state index contributed by atoms with van der Waals surface area (Å²) in [6.07, 6.45) is 0.559. The Kier molecular flexibility index (Phi) is 2.60. The van der Waals surface area contributed by atoms with Crippen LogP contribution >= 0.6 is 11.5 Å². The second-order valence-electron chi connectivity index (χ2n) is 3.75. The highest BCUT2D eigenvalue weighted by Gasteiger charge is 2.23. The van der Waals surface area contributed by atoms with Gasteiger partial charge >= 0.3 is 0 Å². The number of aromatic nitrogens is 1. The highest BCUT2D eigenvalue weighted by molar-refractivity contribution is 7.10. The van der Waals surface area contributed by atoms with Gasteiger partial charge in [0.15, 0.2) is 0 Å². The van der Waals surface area contributed by atoms with Crippen LogP contribution in [0.2, 0.25) is 0 Å². The minimum Gasteiger partial charge on any atom is -0.383 e. The predicted octanol–water partition coefficient (Wildman–Crippen LogP) is 1.34. The van der Waals surface area contributed by atoms with Gasteiger partial charge in [0.05, 0.1) is 12.2 Å². The average molecular weight is 213 g/mol. The first-order chi connectivity index (χ1) is 6.65. The molecule has 1 aliphatic rings. The first kappa shape index (κ1) is 9.73. The average Bonchev–Trinajstić information content (AvgIpc) is 2.50. The Balaban J connectivity index is 2.10. The third-order valence-electron chi connectivity index (χ3n) is 2.25. The molecule has 2 N–H and O–H groups in total. The van der Waals surface area contributed by atoms with E-state index in [1.54, 1.807) is 0 Å². The minimum absolute atomic E-state index is 0.280. The summed E-state index contributed by atoms with van der Waals surface area (Å²) in [5.41, 5.74) is 5.60. The second-order valence-corrected chi connectivity index (χ2v) is 4.54. The zero-order chi connectivity index (χ0) is 10.1. The summed E-state index contributed by atoms with van der Waals surface area (Å²) in [6, 6.07) is 1.93. The molecular weight excluding hydrogens is 198 g/mol. The van der Waals surface area contributed by atoms with Crippen LogP contribution < -0.4 is 10.6 Å². The van der Waals surface area contributed by atoms with Gasteiger partial charge in [-0.2, -0.15) is 4.37 Å². The molecule has 0 aliphatic carbocycles. The van der Waals surface area contributed by atoms with E-state index in [1.807, 2.05) is 6.07 Å². The molecule has 1 aromatic heterocycles. The molecule has 0 aromatic carbocycles. The number of rotatable bonds is 1. The fourth-order valence-corrected chi connectivity index (χ4v) is 2.48. The molecule has 5 heteroatoms. The summed E-state index contributed by atoms with van der Waals surface area (Å²) >= 11 is 1.46. The fraction of sp³-hybridized carbons (Fsp3) is 0.667. The van der Waals surface area contributed by atoms with Crippen LogP contribution in [0.15, 0.2) is 6.07 Å². The summed E-state index contributed by atoms with van der Waals surface area (Å²) in [5, 5.41) is 1.14. The SMILES string of the molecule is C[C@@H]1CN(c2cc(N)ns2)C[C@H](C)O1. The maximum absolute atomic E-state index is 5.66. The van der Waals surface area contributed by atoms with Crippen LogP contribution in [0.3, 0.4) is 0 Å². The molecule has 1 saturated heterocycles. The molecule has 0 radical (unpaired) electrons. The summed E-state index contributed by atoms with van der Waals surface area (Å²) in [5.74, 6) is 0.608. The van der Waals surface area contributed by atoms with Crippen molar-refractivity contribution in [1.82, 2.24) is 4.37 Å². The van der Waals surface area contributed by atoms with Gasteiger partial charge in [-0.05, 0) is 25.4 Å².